The molecule has 0 saturated heterocycles. The first-order chi connectivity index (χ1) is 29.4. The molecule has 316 valence electrons. The van der Waals surface area contributed by atoms with Crippen LogP contribution in [0, 0.1) is 27.9 Å². The zero-order valence-corrected chi connectivity index (χ0v) is 35.4. The minimum Gasteiger partial charge on any atom is -0.493 e. The van der Waals surface area contributed by atoms with E-state index in [1.54, 1.807) is 41.7 Å². The molecule has 3 aliphatic rings. The quantitative estimate of drug-likeness (QED) is 0.0259. The molecule has 12 heteroatoms. The Kier molecular flexibility index (Phi) is 15.4. The van der Waals surface area contributed by atoms with Crippen LogP contribution in [0.3, 0.4) is 0 Å². The number of aliphatic hydroxyl groups excluding tert-OH is 2. The number of fused-ring (bicyclic) bond motifs is 2. The molecule has 4 aromatic rings. The number of hydrogen-bond donors (Lipinski definition) is 2. The lowest BCUT2D eigenvalue weighted by Gasteiger charge is -2.58. The highest BCUT2D eigenvalue weighted by Crippen LogP contribution is 2.63. The topological polar surface area (TPSA) is 133 Å². The molecular weight excluding hydrogens is 797 g/mol. The second-order valence-electron chi connectivity index (χ2n) is 15.4. The number of benzene rings is 4. The lowest BCUT2D eigenvalue weighted by Crippen LogP contribution is -2.64. The van der Waals surface area contributed by atoms with Crippen molar-refractivity contribution in [1.29, 1.82) is 0 Å². The van der Waals surface area contributed by atoms with E-state index in [2.05, 4.69) is 43.0 Å². The van der Waals surface area contributed by atoms with Crippen molar-refractivity contribution in [3.05, 3.63) is 149 Å². The van der Waals surface area contributed by atoms with Gasteiger partial charge in [0.05, 0.1) is 35.0 Å². The fourth-order valence-electron chi connectivity index (χ4n) is 8.91. The summed E-state index contributed by atoms with van der Waals surface area (Å²) < 4.78 is 20.8. The summed E-state index contributed by atoms with van der Waals surface area (Å²) in [7, 11) is 0. The molecule has 0 amide bonds. The summed E-state index contributed by atoms with van der Waals surface area (Å²) in [5.74, 6) is 1.15. The van der Waals surface area contributed by atoms with Gasteiger partial charge in [0.2, 0.25) is 5.79 Å². The highest BCUT2D eigenvalue weighted by Gasteiger charge is 2.64. The Hall–Kier alpha value is -4.59. The van der Waals surface area contributed by atoms with Crippen molar-refractivity contribution in [2.45, 2.75) is 78.3 Å². The fraction of sp³-hybridized carbons (Fsp3) is 0.396. The number of thioether (sulfide) groups is 2. The van der Waals surface area contributed by atoms with Crippen molar-refractivity contribution in [3.8, 4) is 11.5 Å². The standard InChI is InChI=1S/C48H54N2O8S2/c1-2-27-56-48-45(60-39-16-7-4-8-17-39)32-43(49-57-33-34-19-21-36(22-20-34)50(53)54)41-30-35(13-9-11-25-51)40(18-10-12-26-52)46(47(41)48)42-31-37(23-24-44(42)58-48)55-28-29-59-38-14-5-3-6-15-38/h2-8,14-17,19-24,30-31,35,40,45-47,51-52H,1,9-13,18,25-29,32-33H2. The van der Waals surface area contributed by atoms with Crippen LogP contribution in [-0.2, 0) is 16.2 Å². The van der Waals surface area contributed by atoms with Gasteiger partial charge in [-0.25, -0.2) is 0 Å². The maximum Gasteiger partial charge on any atom is 0.269 e. The smallest absolute Gasteiger partial charge is 0.269 e. The SMILES string of the molecule is C=CCOC12Oc3ccc(OCCSc4ccccc4)cc3C3C(CCCCO)C(CCCCO)C=C(C(=NOCc4ccc([N+](=O)[O-])cc4)CC1Sc1ccccc1)C32. The van der Waals surface area contributed by atoms with Gasteiger partial charge in [-0.2, -0.15) is 0 Å². The average molecular weight is 851 g/mol. The third-order valence-corrected chi connectivity index (χ3v) is 13.9. The third-order valence-electron chi connectivity index (χ3n) is 11.6. The van der Waals surface area contributed by atoms with Crippen LogP contribution in [0.2, 0.25) is 0 Å². The molecule has 4 aromatic carbocycles. The summed E-state index contributed by atoms with van der Waals surface area (Å²) in [5, 5.41) is 35.7. The largest absolute Gasteiger partial charge is 0.493 e. The molecule has 1 saturated carbocycles. The van der Waals surface area contributed by atoms with E-state index >= 15 is 0 Å². The van der Waals surface area contributed by atoms with Crippen LogP contribution < -0.4 is 9.47 Å². The Morgan fingerprint density at radius 2 is 1.63 bits per heavy atom. The van der Waals surface area contributed by atoms with Gasteiger partial charge in [0.25, 0.3) is 5.69 Å². The number of nitro benzene ring substituents is 1. The lowest BCUT2D eigenvalue weighted by molar-refractivity contribution is -0.384. The molecule has 2 N–H and O–H groups in total. The van der Waals surface area contributed by atoms with Gasteiger partial charge in [-0.1, -0.05) is 66.5 Å². The molecule has 0 radical (unpaired) electrons. The van der Waals surface area contributed by atoms with Crippen LogP contribution in [-0.4, -0.2) is 64.1 Å². The van der Waals surface area contributed by atoms with Gasteiger partial charge in [0, 0.05) is 58.8 Å². The maximum atomic E-state index is 11.3. The molecule has 60 heavy (non-hydrogen) atoms. The van der Waals surface area contributed by atoms with Crippen molar-refractivity contribution >= 4 is 34.9 Å². The number of nitro groups is 1. The molecule has 0 spiro atoms. The van der Waals surface area contributed by atoms with E-state index in [0.29, 0.717) is 25.9 Å². The van der Waals surface area contributed by atoms with Crippen LogP contribution >= 0.6 is 23.5 Å². The number of hydrogen-bond acceptors (Lipinski definition) is 11. The molecule has 0 bridgehead atoms. The summed E-state index contributed by atoms with van der Waals surface area (Å²) in [6.45, 7) is 5.25. The van der Waals surface area contributed by atoms with E-state index in [1.807, 2.05) is 48.5 Å². The minimum absolute atomic E-state index is 0.0189. The van der Waals surface area contributed by atoms with Gasteiger partial charge in [-0.05, 0) is 103 Å². The molecule has 2 aliphatic carbocycles. The maximum absolute atomic E-state index is 11.3. The van der Waals surface area contributed by atoms with Crippen molar-refractivity contribution in [3.63, 3.8) is 0 Å². The number of unbranched alkanes of at least 4 members (excludes halogenated alkanes) is 2. The summed E-state index contributed by atoms with van der Waals surface area (Å²) in [5.41, 5.74) is 3.70. The molecule has 7 rings (SSSR count). The number of rotatable bonds is 22. The van der Waals surface area contributed by atoms with Crippen LogP contribution in [0.25, 0.3) is 0 Å². The summed E-state index contributed by atoms with van der Waals surface area (Å²) in [6, 6.07) is 33.1. The Morgan fingerprint density at radius 3 is 2.33 bits per heavy atom. The van der Waals surface area contributed by atoms with Crippen molar-refractivity contribution in [2.75, 3.05) is 32.2 Å². The molecule has 6 unspecified atom stereocenters. The molecule has 1 aliphatic heterocycles. The monoisotopic (exact) mass is 850 g/mol. The average Bonchev–Trinajstić information content (AvgIpc) is 3.27. The third kappa shape index (κ3) is 10.3. The first-order valence-electron chi connectivity index (χ1n) is 20.9. The highest BCUT2D eigenvalue weighted by molar-refractivity contribution is 8.00. The molecule has 6 atom stereocenters. The molecule has 1 heterocycles. The fourth-order valence-corrected chi connectivity index (χ4v) is 11.0. The van der Waals surface area contributed by atoms with E-state index in [4.69, 9.17) is 24.2 Å². The second-order valence-corrected chi connectivity index (χ2v) is 17.8. The molecular formula is C48H54N2O8S2. The Balaban J connectivity index is 1.32. The van der Waals surface area contributed by atoms with Gasteiger partial charge in [-0.15, -0.1) is 30.1 Å². The summed E-state index contributed by atoms with van der Waals surface area (Å²) in [4.78, 5) is 19.3. The van der Waals surface area contributed by atoms with Gasteiger partial charge < -0.3 is 29.3 Å². The van der Waals surface area contributed by atoms with Gasteiger partial charge in [0.15, 0.2) is 0 Å². The number of aliphatic hydroxyl groups is 2. The van der Waals surface area contributed by atoms with Crippen molar-refractivity contribution < 1.29 is 34.2 Å². The van der Waals surface area contributed by atoms with Crippen molar-refractivity contribution in [2.24, 2.45) is 22.9 Å². The normalized spacial score (nSPS) is 23.5. The second kappa shape index (κ2) is 21.3. The Bertz CT molecular complexity index is 2080. The van der Waals surface area contributed by atoms with Gasteiger partial charge in [-0.3, -0.25) is 10.1 Å². The van der Waals surface area contributed by atoms with E-state index in [9.17, 15) is 20.3 Å². The van der Waals surface area contributed by atoms with Crippen LogP contribution in [0.15, 0.2) is 142 Å². The number of oxime groups is 1. The summed E-state index contributed by atoms with van der Waals surface area (Å²) >= 11 is 3.47. The van der Waals surface area contributed by atoms with Gasteiger partial charge in [0.1, 0.15) is 18.1 Å². The zero-order chi connectivity index (χ0) is 41.7. The Labute approximate surface area is 361 Å². The van der Waals surface area contributed by atoms with Crippen LogP contribution in [0.1, 0.15) is 62.0 Å². The van der Waals surface area contributed by atoms with Gasteiger partial charge >= 0.3 is 0 Å². The van der Waals surface area contributed by atoms with E-state index in [-0.39, 0.29) is 61.0 Å². The molecule has 0 aromatic heterocycles. The first kappa shape index (κ1) is 43.5. The number of nitrogens with zero attached hydrogens (tertiary/aromatic N) is 2. The number of non-ortho nitro benzene ring substituents is 1. The lowest BCUT2D eigenvalue weighted by atomic mass is 9.56. The van der Waals surface area contributed by atoms with Crippen molar-refractivity contribution in [1.82, 2.24) is 0 Å². The first-order valence-corrected chi connectivity index (χ1v) is 22.8. The predicted molar refractivity (Wildman–Crippen MR) is 238 cm³/mol. The number of ether oxygens (including phenoxy) is 3. The van der Waals surface area contributed by atoms with Crippen LogP contribution in [0.5, 0.6) is 11.5 Å². The van der Waals surface area contributed by atoms with E-state index in [0.717, 1.165) is 70.2 Å². The Morgan fingerprint density at radius 1 is 0.917 bits per heavy atom. The summed E-state index contributed by atoms with van der Waals surface area (Å²) in [6.07, 6.45) is 9.51. The van der Waals surface area contributed by atoms with E-state index in [1.165, 1.54) is 17.0 Å². The zero-order valence-electron chi connectivity index (χ0n) is 33.8. The van der Waals surface area contributed by atoms with Crippen LogP contribution in [0.4, 0.5) is 5.69 Å². The molecule has 1 fully saturated rings. The minimum atomic E-state index is -1.12. The highest BCUT2D eigenvalue weighted by atomic mass is 32.2. The predicted octanol–water partition coefficient (Wildman–Crippen LogP) is 10.4. The number of allylic oxidation sites excluding steroid dienone is 1. The van der Waals surface area contributed by atoms with E-state index < -0.39 is 10.7 Å². The molecule has 10 nitrogen and oxygen atoms in total.